The molecule has 0 spiro atoms. The lowest BCUT2D eigenvalue weighted by Gasteiger charge is -2.14. The number of nitrogens with zero attached hydrogens (tertiary/aromatic N) is 4. The maximum atomic E-state index is 13.5. The lowest BCUT2D eigenvalue weighted by molar-refractivity contribution is -0.151. The number of pyridine rings is 2. The van der Waals surface area contributed by atoms with E-state index >= 15 is 0 Å². The van der Waals surface area contributed by atoms with Gasteiger partial charge in [0.25, 0.3) is 11.4 Å². The van der Waals surface area contributed by atoms with Crippen molar-refractivity contribution in [2.45, 2.75) is 26.3 Å². The Bertz CT molecular complexity index is 1440. The van der Waals surface area contributed by atoms with Crippen LogP contribution in [-0.2, 0) is 16.3 Å². The highest BCUT2D eigenvalue weighted by molar-refractivity contribution is 6.00. The molecule has 154 valence electrons. The van der Waals surface area contributed by atoms with Crippen LogP contribution in [0.5, 0.6) is 11.6 Å². The van der Waals surface area contributed by atoms with Gasteiger partial charge in [-0.25, -0.2) is 4.98 Å². The fourth-order valence-electron chi connectivity index (χ4n) is 3.72. The SMILES string of the molecule is CCCCn1c(=O)c2[nH]c3c(OC)c(OC)nc-3nc2c2ncc3c(c21)=COOC=3. The highest BCUT2D eigenvalue weighted by atomic mass is 17.2. The lowest BCUT2D eigenvalue weighted by atomic mass is 10.2. The molecule has 10 nitrogen and oxygen atoms in total. The summed E-state index contributed by atoms with van der Waals surface area (Å²) >= 11 is 0. The molecule has 0 saturated heterocycles. The molecule has 3 aliphatic heterocycles. The summed E-state index contributed by atoms with van der Waals surface area (Å²) in [5, 5.41) is 1.44. The molecule has 30 heavy (non-hydrogen) atoms. The van der Waals surface area contributed by atoms with Crippen molar-refractivity contribution in [2.24, 2.45) is 0 Å². The molecule has 10 heteroatoms. The van der Waals surface area contributed by atoms with Crippen LogP contribution in [0, 0.1) is 0 Å². The Morgan fingerprint density at radius 1 is 1.13 bits per heavy atom. The van der Waals surface area contributed by atoms with E-state index in [2.05, 4.69) is 26.9 Å². The van der Waals surface area contributed by atoms with Crippen LogP contribution in [0.3, 0.4) is 0 Å². The molecule has 0 amide bonds. The Morgan fingerprint density at radius 2 is 1.97 bits per heavy atom. The van der Waals surface area contributed by atoms with Crippen molar-refractivity contribution >= 4 is 34.6 Å². The molecular weight excluding hydrogens is 390 g/mol. The monoisotopic (exact) mass is 409 g/mol. The number of aryl methyl sites for hydroxylation is 1. The zero-order valence-corrected chi connectivity index (χ0v) is 16.7. The van der Waals surface area contributed by atoms with Crippen LogP contribution >= 0.6 is 0 Å². The van der Waals surface area contributed by atoms with Crippen molar-refractivity contribution in [3.05, 3.63) is 27.0 Å². The third kappa shape index (κ3) is 2.49. The minimum absolute atomic E-state index is 0.210. The smallest absolute Gasteiger partial charge is 0.277 e. The normalized spacial score (nSPS) is 12.8. The molecule has 5 rings (SSSR count). The average Bonchev–Trinajstić information content (AvgIpc) is 3.14. The van der Waals surface area contributed by atoms with Crippen LogP contribution in [0.2, 0.25) is 0 Å². The van der Waals surface area contributed by atoms with Crippen molar-refractivity contribution in [3.8, 4) is 23.1 Å². The van der Waals surface area contributed by atoms with Gasteiger partial charge in [-0.1, -0.05) is 13.3 Å². The summed E-state index contributed by atoms with van der Waals surface area (Å²) in [6.45, 7) is 2.60. The number of aromatic nitrogens is 5. The van der Waals surface area contributed by atoms with Gasteiger partial charge in [-0.3, -0.25) is 19.6 Å². The van der Waals surface area contributed by atoms with E-state index in [1.54, 1.807) is 10.8 Å². The summed E-state index contributed by atoms with van der Waals surface area (Å²) in [7, 11) is 3.01. The third-order valence-electron chi connectivity index (χ3n) is 5.16. The summed E-state index contributed by atoms with van der Waals surface area (Å²) in [6, 6.07) is 0. The number of rotatable bonds is 5. The van der Waals surface area contributed by atoms with E-state index in [0.717, 1.165) is 18.1 Å². The fourth-order valence-corrected chi connectivity index (χ4v) is 3.72. The number of fused-ring (bicyclic) bond motifs is 6. The fraction of sp³-hybridized carbons (Fsp3) is 0.300. The van der Waals surface area contributed by atoms with Gasteiger partial charge in [-0.2, -0.15) is 4.98 Å². The Balaban J connectivity index is 1.99. The molecule has 0 bridgehead atoms. The predicted molar refractivity (Wildman–Crippen MR) is 108 cm³/mol. The topological polar surface area (TPSA) is 113 Å². The molecule has 0 unspecified atom stereocenters. The van der Waals surface area contributed by atoms with Crippen LogP contribution < -0.4 is 25.5 Å². The van der Waals surface area contributed by atoms with Crippen molar-refractivity contribution in [2.75, 3.05) is 14.2 Å². The molecule has 1 N–H and O–H groups in total. The van der Waals surface area contributed by atoms with Gasteiger partial charge in [-0.15, -0.1) is 0 Å². The van der Waals surface area contributed by atoms with Gasteiger partial charge in [0.15, 0.2) is 18.3 Å². The Hall–Kier alpha value is -3.82. The molecule has 0 aromatic carbocycles. The van der Waals surface area contributed by atoms with Gasteiger partial charge in [-0.05, 0) is 6.42 Å². The van der Waals surface area contributed by atoms with E-state index < -0.39 is 0 Å². The lowest BCUT2D eigenvalue weighted by Crippen LogP contribution is -2.35. The summed E-state index contributed by atoms with van der Waals surface area (Å²) < 4.78 is 12.4. The van der Waals surface area contributed by atoms with Gasteiger partial charge in [0.1, 0.15) is 22.2 Å². The number of aromatic amines is 1. The zero-order valence-electron chi connectivity index (χ0n) is 16.7. The number of H-pyrrole nitrogens is 1. The Kier molecular flexibility index (Phi) is 4.19. The highest BCUT2D eigenvalue weighted by Crippen LogP contribution is 2.38. The standard InChI is InChI=1S/C20H19N5O5/c1-4-5-6-25-16-11-9-30-29-8-10(11)7-21-13(16)12-14(20(25)26)22-15-17(27-2)19(28-3)24-18(15)23-12/h7-9,22H,4-6H2,1-3H3. The minimum atomic E-state index is -0.210. The van der Waals surface area contributed by atoms with E-state index in [1.807, 2.05) is 0 Å². The van der Waals surface area contributed by atoms with Crippen LogP contribution in [0.4, 0.5) is 0 Å². The van der Waals surface area contributed by atoms with Crippen molar-refractivity contribution < 1.29 is 19.2 Å². The van der Waals surface area contributed by atoms with Crippen molar-refractivity contribution in [1.82, 2.24) is 24.5 Å². The van der Waals surface area contributed by atoms with E-state index in [4.69, 9.17) is 19.2 Å². The van der Waals surface area contributed by atoms with Crippen molar-refractivity contribution in [1.29, 1.82) is 0 Å². The maximum Gasteiger partial charge on any atom is 0.277 e. The summed E-state index contributed by atoms with van der Waals surface area (Å²) in [5.41, 5.74) is 2.23. The quantitative estimate of drug-likeness (QED) is 0.384. The molecule has 2 aromatic heterocycles. The van der Waals surface area contributed by atoms with Crippen LogP contribution in [0.15, 0.2) is 11.0 Å². The highest BCUT2D eigenvalue weighted by Gasteiger charge is 2.25. The minimum Gasteiger partial charge on any atom is -0.490 e. The summed E-state index contributed by atoms with van der Waals surface area (Å²) in [4.78, 5) is 40.2. The largest absolute Gasteiger partial charge is 0.490 e. The van der Waals surface area contributed by atoms with E-state index in [9.17, 15) is 4.79 Å². The first-order valence-electron chi connectivity index (χ1n) is 9.53. The number of unbranched alkanes of at least 4 members (excludes halogenated alkanes) is 1. The molecule has 0 fully saturated rings. The van der Waals surface area contributed by atoms with Gasteiger partial charge >= 0.3 is 0 Å². The second-order valence-corrected chi connectivity index (χ2v) is 6.88. The Morgan fingerprint density at radius 3 is 2.73 bits per heavy atom. The summed E-state index contributed by atoms with van der Waals surface area (Å²) in [6.07, 6.45) is 6.36. The zero-order chi connectivity index (χ0) is 20.8. The van der Waals surface area contributed by atoms with E-state index in [-0.39, 0.29) is 5.56 Å². The molecule has 5 heterocycles. The van der Waals surface area contributed by atoms with Gasteiger partial charge in [0.2, 0.25) is 5.75 Å². The first-order chi connectivity index (χ1) is 14.7. The number of hydrogen-bond donors (Lipinski definition) is 1. The number of nitrogens with one attached hydrogen (secondary N) is 1. The molecule has 3 aliphatic rings. The number of methoxy groups -OCH3 is 2. The van der Waals surface area contributed by atoms with Crippen LogP contribution in [0.1, 0.15) is 19.8 Å². The number of hydrogen-bond acceptors (Lipinski definition) is 8. The first kappa shape index (κ1) is 18.2. The maximum absolute atomic E-state index is 13.5. The number of ether oxygens (including phenoxy) is 2. The second kappa shape index (κ2) is 6.90. The molecule has 2 aromatic rings. The first-order valence-corrected chi connectivity index (χ1v) is 9.53. The van der Waals surface area contributed by atoms with Gasteiger partial charge in [0, 0.05) is 18.0 Å². The van der Waals surface area contributed by atoms with Crippen molar-refractivity contribution in [3.63, 3.8) is 0 Å². The average molecular weight is 409 g/mol. The van der Waals surface area contributed by atoms with E-state index in [0.29, 0.717) is 57.0 Å². The van der Waals surface area contributed by atoms with Crippen LogP contribution in [0.25, 0.3) is 46.1 Å². The Labute approximate surface area is 169 Å². The summed E-state index contributed by atoms with van der Waals surface area (Å²) in [5.74, 6) is 1.06. The second-order valence-electron chi connectivity index (χ2n) is 6.88. The van der Waals surface area contributed by atoms with Gasteiger partial charge < -0.3 is 19.0 Å². The van der Waals surface area contributed by atoms with E-state index in [1.165, 1.54) is 26.7 Å². The molecule has 0 aliphatic carbocycles. The van der Waals surface area contributed by atoms with Crippen LogP contribution in [-0.4, -0.2) is 38.7 Å². The molecule has 0 radical (unpaired) electrons. The van der Waals surface area contributed by atoms with Gasteiger partial charge in [0.05, 0.1) is 25.0 Å². The third-order valence-corrected chi connectivity index (χ3v) is 5.16. The molecule has 0 atom stereocenters. The molecule has 0 saturated carbocycles. The molecular formula is C20H19N5O5. The predicted octanol–water partition coefficient (Wildman–Crippen LogP) is 1.03.